The molecule has 25 heavy (non-hydrogen) atoms. The first-order valence-corrected chi connectivity index (χ1v) is 8.47. The Morgan fingerprint density at radius 2 is 1.84 bits per heavy atom. The summed E-state index contributed by atoms with van der Waals surface area (Å²) in [6, 6.07) is 2.55. The maximum atomic E-state index is 12.4. The van der Waals surface area contributed by atoms with Gasteiger partial charge in [0.25, 0.3) is 11.6 Å². The minimum absolute atomic E-state index is 0.0272. The highest BCUT2D eigenvalue weighted by molar-refractivity contribution is 5.99. The minimum atomic E-state index is -0.593. The maximum absolute atomic E-state index is 12.4. The van der Waals surface area contributed by atoms with Crippen LogP contribution in [0.5, 0.6) is 11.5 Å². The molecular weight excluding hydrogens is 326 g/mol. The van der Waals surface area contributed by atoms with E-state index in [0.717, 1.165) is 26.1 Å². The van der Waals surface area contributed by atoms with E-state index in [1.807, 2.05) is 0 Å². The van der Waals surface area contributed by atoms with Crippen LogP contribution in [-0.2, 0) is 0 Å². The van der Waals surface area contributed by atoms with E-state index in [0.29, 0.717) is 6.54 Å². The molecule has 8 heteroatoms. The molecule has 8 nitrogen and oxygen atoms in total. The molecule has 0 spiro atoms. The molecule has 138 valence electrons. The van der Waals surface area contributed by atoms with Crippen molar-refractivity contribution in [1.82, 2.24) is 10.2 Å². The van der Waals surface area contributed by atoms with Gasteiger partial charge in [0.1, 0.15) is 5.56 Å². The van der Waals surface area contributed by atoms with Crippen molar-refractivity contribution in [2.45, 2.75) is 25.7 Å². The number of nitrogens with zero attached hydrogens (tertiary/aromatic N) is 2. The van der Waals surface area contributed by atoms with Gasteiger partial charge in [-0.2, -0.15) is 0 Å². The highest BCUT2D eigenvalue weighted by Crippen LogP contribution is 2.34. The van der Waals surface area contributed by atoms with Crippen molar-refractivity contribution in [3.63, 3.8) is 0 Å². The van der Waals surface area contributed by atoms with E-state index in [1.165, 1.54) is 45.6 Å². The number of hydrogen-bond acceptors (Lipinski definition) is 6. The summed E-state index contributed by atoms with van der Waals surface area (Å²) >= 11 is 0. The van der Waals surface area contributed by atoms with Crippen LogP contribution in [0.25, 0.3) is 0 Å². The molecule has 0 unspecified atom stereocenters. The molecule has 1 aliphatic heterocycles. The Labute approximate surface area is 147 Å². The van der Waals surface area contributed by atoms with Gasteiger partial charge in [-0.1, -0.05) is 6.42 Å². The highest BCUT2D eigenvalue weighted by Gasteiger charge is 2.24. The van der Waals surface area contributed by atoms with Crippen molar-refractivity contribution in [3.8, 4) is 11.5 Å². The van der Waals surface area contributed by atoms with Crippen molar-refractivity contribution in [1.29, 1.82) is 0 Å². The summed E-state index contributed by atoms with van der Waals surface area (Å²) < 4.78 is 10.2. The van der Waals surface area contributed by atoms with Crippen molar-refractivity contribution in [2.24, 2.45) is 0 Å². The zero-order valence-corrected chi connectivity index (χ0v) is 14.7. The molecule has 2 rings (SSSR count). The van der Waals surface area contributed by atoms with Crippen LogP contribution in [-0.4, -0.2) is 56.1 Å². The van der Waals surface area contributed by atoms with E-state index in [9.17, 15) is 14.9 Å². The zero-order chi connectivity index (χ0) is 18.2. The Hall–Kier alpha value is -2.35. The summed E-state index contributed by atoms with van der Waals surface area (Å²) in [6.45, 7) is 3.61. The Morgan fingerprint density at radius 1 is 1.20 bits per heavy atom. The smallest absolute Gasteiger partial charge is 0.286 e. The van der Waals surface area contributed by atoms with Gasteiger partial charge in [-0.15, -0.1) is 0 Å². The number of benzene rings is 1. The van der Waals surface area contributed by atoms with Crippen LogP contribution in [0, 0.1) is 10.1 Å². The van der Waals surface area contributed by atoms with Crippen LogP contribution in [0.3, 0.4) is 0 Å². The predicted molar refractivity (Wildman–Crippen MR) is 93.4 cm³/mol. The third-order valence-electron chi connectivity index (χ3n) is 4.33. The van der Waals surface area contributed by atoms with E-state index in [4.69, 9.17) is 9.47 Å². The quantitative estimate of drug-likeness (QED) is 0.438. The number of likely N-dealkylation sites (tertiary alicyclic amines) is 1. The average Bonchev–Trinajstić information content (AvgIpc) is 2.64. The molecule has 1 amide bonds. The summed E-state index contributed by atoms with van der Waals surface area (Å²) in [7, 11) is 2.81. The Balaban J connectivity index is 1.98. The lowest BCUT2D eigenvalue weighted by Gasteiger charge is -2.26. The number of ether oxygens (including phenoxy) is 2. The normalized spacial score (nSPS) is 14.8. The number of carbonyl (C=O) groups excluding carboxylic acids is 1. The fraction of sp³-hybridized carbons (Fsp3) is 0.588. The van der Waals surface area contributed by atoms with Crippen molar-refractivity contribution >= 4 is 11.6 Å². The molecule has 1 aromatic rings. The van der Waals surface area contributed by atoms with Crippen molar-refractivity contribution < 1.29 is 19.2 Å². The third-order valence-corrected chi connectivity index (χ3v) is 4.33. The van der Waals surface area contributed by atoms with Crippen LogP contribution in [0.1, 0.15) is 36.0 Å². The summed E-state index contributed by atoms with van der Waals surface area (Å²) in [6.07, 6.45) is 4.55. The van der Waals surface area contributed by atoms with Gasteiger partial charge < -0.3 is 19.7 Å². The summed E-state index contributed by atoms with van der Waals surface area (Å²) in [5.41, 5.74) is -0.327. The molecule has 1 saturated heterocycles. The Kier molecular flexibility index (Phi) is 7.00. The number of amides is 1. The highest BCUT2D eigenvalue weighted by atomic mass is 16.6. The Morgan fingerprint density at radius 3 is 2.44 bits per heavy atom. The summed E-state index contributed by atoms with van der Waals surface area (Å²) in [4.78, 5) is 25.4. The summed E-state index contributed by atoms with van der Waals surface area (Å²) in [5.74, 6) is 0.0220. The van der Waals surface area contributed by atoms with Crippen LogP contribution in [0.15, 0.2) is 12.1 Å². The topological polar surface area (TPSA) is 93.9 Å². The Bertz CT molecular complexity index is 615. The molecular formula is C17H25N3O5. The van der Waals surface area contributed by atoms with Gasteiger partial charge in [-0.25, -0.2) is 0 Å². The molecule has 0 radical (unpaired) electrons. The fourth-order valence-electron chi connectivity index (χ4n) is 2.98. The van der Waals surface area contributed by atoms with E-state index in [-0.39, 0.29) is 22.7 Å². The molecule has 1 N–H and O–H groups in total. The van der Waals surface area contributed by atoms with Gasteiger partial charge in [-0.05, 0) is 38.9 Å². The number of rotatable bonds is 8. The molecule has 0 saturated carbocycles. The van der Waals surface area contributed by atoms with Gasteiger partial charge in [0.2, 0.25) is 0 Å². The van der Waals surface area contributed by atoms with E-state index >= 15 is 0 Å². The number of nitrogens with one attached hydrogen (secondary N) is 1. The van der Waals surface area contributed by atoms with Gasteiger partial charge in [0, 0.05) is 12.6 Å². The SMILES string of the molecule is COc1cc(C(=O)NCCCN2CCCCC2)c([N+](=O)[O-])cc1OC. The number of methoxy groups -OCH3 is 2. The molecule has 0 aliphatic carbocycles. The second-order valence-electron chi connectivity index (χ2n) is 5.99. The van der Waals surface area contributed by atoms with Crippen LogP contribution in [0.2, 0.25) is 0 Å². The molecule has 0 atom stereocenters. The number of carbonyl (C=O) groups is 1. The number of piperidine rings is 1. The van der Waals surface area contributed by atoms with Crippen LogP contribution >= 0.6 is 0 Å². The van der Waals surface area contributed by atoms with Crippen molar-refractivity contribution in [2.75, 3.05) is 40.4 Å². The number of nitro benzene ring substituents is 1. The molecule has 0 aromatic heterocycles. The van der Waals surface area contributed by atoms with E-state index in [2.05, 4.69) is 10.2 Å². The minimum Gasteiger partial charge on any atom is -0.493 e. The fourth-order valence-corrected chi connectivity index (χ4v) is 2.98. The second kappa shape index (κ2) is 9.22. The lowest BCUT2D eigenvalue weighted by atomic mass is 10.1. The monoisotopic (exact) mass is 351 g/mol. The third kappa shape index (κ3) is 5.06. The van der Waals surface area contributed by atoms with E-state index < -0.39 is 10.8 Å². The predicted octanol–water partition coefficient (Wildman–Crippen LogP) is 2.22. The first-order valence-electron chi connectivity index (χ1n) is 8.47. The molecule has 1 heterocycles. The molecule has 0 bridgehead atoms. The number of nitro groups is 1. The van der Waals surface area contributed by atoms with Gasteiger partial charge in [-0.3, -0.25) is 14.9 Å². The van der Waals surface area contributed by atoms with Crippen LogP contribution < -0.4 is 14.8 Å². The lowest BCUT2D eigenvalue weighted by molar-refractivity contribution is -0.385. The molecule has 1 fully saturated rings. The molecule has 1 aliphatic rings. The first kappa shape index (κ1) is 19.0. The van der Waals surface area contributed by atoms with Gasteiger partial charge in [0.05, 0.1) is 25.2 Å². The number of hydrogen-bond donors (Lipinski definition) is 1. The van der Waals surface area contributed by atoms with Gasteiger partial charge in [0.15, 0.2) is 11.5 Å². The largest absolute Gasteiger partial charge is 0.493 e. The zero-order valence-electron chi connectivity index (χ0n) is 14.7. The first-order chi connectivity index (χ1) is 12.1. The average molecular weight is 351 g/mol. The summed E-state index contributed by atoms with van der Waals surface area (Å²) in [5, 5.41) is 14.0. The van der Waals surface area contributed by atoms with E-state index in [1.54, 1.807) is 0 Å². The molecule has 1 aromatic carbocycles. The van der Waals surface area contributed by atoms with Crippen LogP contribution in [0.4, 0.5) is 5.69 Å². The van der Waals surface area contributed by atoms with Gasteiger partial charge >= 0.3 is 0 Å². The lowest BCUT2D eigenvalue weighted by Crippen LogP contribution is -2.33. The second-order valence-corrected chi connectivity index (χ2v) is 5.99. The van der Waals surface area contributed by atoms with Crippen molar-refractivity contribution in [3.05, 3.63) is 27.8 Å². The standard InChI is InChI=1S/C17H25N3O5/c1-24-15-11-13(14(20(22)23)12-16(15)25-2)17(21)18-7-6-10-19-8-4-3-5-9-19/h11-12H,3-10H2,1-2H3,(H,18,21). The maximum Gasteiger partial charge on any atom is 0.286 e.